The lowest BCUT2D eigenvalue weighted by Crippen LogP contribution is -2.27. The van der Waals surface area contributed by atoms with Gasteiger partial charge in [0, 0.05) is 12.4 Å². The van der Waals surface area contributed by atoms with Gasteiger partial charge in [-0.3, -0.25) is 4.98 Å². The van der Waals surface area contributed by atoms with Gasteiger partial charge in [-0.05, 0) is 19.4 Å². The molecule has 0 aliphatic carbocycles. The van der Waals surface area contributed by atoms with Crippen molar-refractivity contribution in [3.8, 4) is 11.5 Å². The Labute approximate surface area is 115 Å². The molecule has 3 aromatic heterocycles. The van der Waals surface area contributed by atoms with Crippen molar-refractivity contribution in [3.05, 3.63) is 30.6 Å². The molecule has 1 fully saturated rings. The summed E-state index contributed by atoms with van der Waals surface area (Å²) in [5.41, 5.74) is 1.67. The number of hydrogen-bond acceptors (Lipinski definition) is 6. The smallest absolute Gasteiger partial charge is 0.261 e. The van der Waals surface area contributed by atoms with Crippen molar-refractivity contribution in [1.29, 1.82) is 0 Å². The summed E-state index contributed by atoms with van der Waals surface area (Å²) < 4.78 is 7.13. The van der Waals surface area contributed by atoms with E-state index in [2.05, 4.69) is 25.5 Å². The predicted octanol–water partition coefficient (Wildman–Crippen LogP) is 1.59. The molecule has 7 heteroatoms. The highest BCUT2D eigenvalue weighted by molar-refractivity contribution is 5.73. The molecule has 0 saturated carbocycles. The molecule has 0 amide bonds. The van der Waals surface area contributed by atoms with Gasteiger partial charge in [0.2, 0.25) is 0 Å². The number of aromatic nitrogens is 5. The fourth-order valence-corrected chi connectivity index (χ4v) is 2.56. The molecular weight excluding hydrogens is 256 g/mol. The lowest BCUT2D eigenvalue weighted by atomic mass is 10.0. The summed E-state index contributed by atoms with van der Waals surface area (Å²) in [7, 11) is 0. The van der Waals surface area contributed by atoms with Crippen molar-refractivity contribution >= 4 is 5.52 Å². The molecular formula is C13H14N6O. The second-order valence-corrected chi connectivity index (χ2v) is 4.92. The first kappa shape index (κ1) is 11.5. The van der Waals surface area contributed by atoms with E-state index < -0.39 is 0 Å². The number of nitrogens with zero attached hydrogens (tertiary/aromatic N) is 5. The van der Waals surface area contributed by atoms with Crippen LogP contribution in [0.4, 0.5) is 0 Å². The Bertz CT molecular complexity index is 727. The SMILES string of the molecule is c1cn2ncc(-c3nc(C4CCCCN4)no3)c2cn1. The Kier molecular flexibility index (Phi) is 2.70. The van der Waals surface area contributed by atoms with Gasteiger partial charge in [-0.2, -0.15) is 10.1 Å². The lowest BCUT2D eigenvalue weighted by Gasteiger charge is -2.19. The summed E-state index contributed by atoms with van der Waals surface area (Å²) in [6.45, 7) is 1.01. The summed E-state index contributed by atoms with van der Waals surface area (Å²) >= 11 is 0. The van der Waals surface area contributed by atoms with Crippen LogP contribution in [0.3, 0.4) is 0 Å². The maximum absolute atomic E-state index is 5.39. The highest BCUT2D eigenvalue weighted by atomic mass is 16.5. The second-order valence-electron chi connectivity index (χ2n) is 4.92. The van der Waals surface area contributed by atoms with Gasteiger partial charge in [-0.1, -0.05) is 11.6 Å². The molecule has 0 bridgehead atoms. The zero-order valence-electron chi connectivity index (χ0n) is 10.9. The van der Waals surface area contributed by atoms with Crippen molar-refractivity contribution in [2.75, 3.05) is 6.54 Å². The highest BCUT2D eigenvalue weighted by Gasteiger charge is 2.22. The zero-order chi connectivity index (χ0) is 13.4. The third-order valence-corrected chi connectivity index (χ3v) is 3.62. The van der Waals surface area contributed by atoms with Crippen molar-refractivity contribution in [3.63, 3.8) is 0 Å². The van der Waals surface area contributed by atoms with Gasteiger partial charge in [0.25, 0.3) is 5.89 Å². The van der Waals surface area contributed by atoms with Crippen LogP contribution in [0.2, 0.25) is 0 Å². The fourth-order valence-electron chi connectivity index (χ4n) is 2.56. The fraction of sp³-hybridized carbons (Fsp3) is 0.385. The molecule has 7 nitrogen and oxygen atoms in total. The maximum Gasteiger partial charge on any atom is 0.261 e. The molecule has 3 aromatic rings. The number of hydrogen-bond donors (Lipinski definition) is 1. The molecule has 1 aliphatic heterocycles. The van der Waals surface area contributed by atoms with E-state index in [9.17, 15) is 0 Å². The Hall–Kier alpha value is -2.28. The van der Waals surface area contributed by atoms with Gasteiger partial charge in [0.15, 0.2) is 5.82 Å². The highest BCUT2D eigenvalue weighted by Crippen LogP contribution is 2.26. The number of rotatable bonds is 2. The summed E-state index contributed by atoms with van der Waals surface area (Å²) in [4.78, 5) is 8.61. The lowest BCUT2D eigenvalue weighted by molar-refractivity contribution is 0.367. The van der Waals surface area contributed by atoms with Crippen LogP contribution in [-0.2, 0) is 0 Å². The van der Waals surface area contributed by atoms with Gasteiger partial charge >= 0.3 is 0 Å². The normalized spacial score (nSPS) is 19.5. The van der Waals surface area contributed by atoms with Gasteiger partial charge in [-0.15, -0.1) is 0 Å². The van der Waals surface area contributed by atoms with Crippen molar-refractivity contribution in [1.82, 2.24) is 30.1 Å². The monoisotopic (exact) mass is 270 g/mol. The maximum atomic E-state index is 5.39. The molecule has 1 saturated heterocycles. The molecule has 0 aromatic carbocycles. The van der Waals surface area contributed by atoms with Crippen molar-refractivity contribution in [2.45, 2.75) is 25.3 Å². The van der Waals surface area contributed by atoms with Crippen LogP contribution in [0.25, 0.3) is 17.0 Å². The Morgan fingerprint density at radius 1 is 1.30 bits per heavy atom. The summed E-state index contributed by atoms with van der Waals surface area (Å²) in [5.74, 6) is 1.22. The van der Waals surface area contributed by atoms with Crippen LogP contribution in [-0.4, -0.2) is 31.3 Å². The van der Waals surface area contributed by atoms with Gasteiger partial charge in [0.1, 0.15) is 0 Å². The minimum Gasteiger partial charge on any atom is -0.334 e. The van der Waals surface area contributed by atoms with E-state index in [0.717, 1.165) is 29.9 Å². The molecule has 4 rings (SSSR count). The summed E-state index contributed by atoms with van der Waals surface area (Å²) in [6.07, 6.45) is 10.4. The Morgan fingerprint density at radius 3 is 3.20 bits per heavy atom. The standard InChI is InChI=1S/C13H14N6O/c1-2-4-15-10(3-1)12-17-13(20-18-12)9-7-16-19-6-5-14-8-11(9)19/h5-8,10,15H,1-4H2. The molecule has 1 unspecified atom stereocenters. The second kappa shape index (κ2) is 4.68. The molecule has 1 aliphatic rings. The van der Waals surface area contributed by atoms with Crippen molar-refractivity contribution in [2.24, 2.45) is 0 Å². The Morgan fingerprint density at radius 2 is 2.30 bits per heavy atom. The van der Waals surface area contributed by atoms with E-state index >= 15 is 0 Å². The molecule has 0 spiro atoms. The minimum absolute atomic E-state index is 0.196. The minimum atomic E-state index is 0.196. The van der Waals surface area contributed by atoms with Crippen LogP contribution in [0, 0.1) is 0 Å². The van der Waals surface area contributed by atoms with Crippen LogP contribution in [0.5, 0.6) is 0 Å². The van der Waals surface area contributed by atoms with E-state index in [4.69, 9.17) is 4.52 Å². The van der Waals surface area contributed by atoms with E-state index in [1.807, 2.05) is 0 Å². The summed E-state index contributed by atoms with van der Waals surface area (Å²) in [6, 6.07) is 0.196. The van der Waals surface area contributed by atoms with Crippen LogP contribution >= 0.6 is 0 Å². The number of piperidine rings is 1. The molecule has 1 N–H and O–H groups in total. The number of fused-ring (bicyclic) bond motifs is 1. The predicted molar refractivity (Wildman–Crippen MR) is 70.9 cm³/mol. The molecule has 4 heterocycles. The zero-order valence-corrected chi connectivity index (χ0v) is 10.9. The topological polar surface area (TPSA) is 81.1 Å². The average Bonchev–Trinajstić information content (AvgIpc) is 3.14. The van der Waals surface area contributed by atoms with Gasteiger partial charge in [-0.25, -0.2) is 4.52 Å². The van der Waals surface area contributed by atoms with E-state index in [1.165, 1.54) is 12.8 Å². The van der Waals surface area contributed by atoms with E-state index in [1.54, 1.807) is 29.3 Å². The first-order valence-electron chi connectivity index (χ1n) is 6.76. The first-order chi connectivity index (χ1) is 9.92. The number of nitrogens with one attached hydrogen (secondary N) is 1. The van der Waals surface area contributed by atoms with Gasteiger partial charge in [0.05, 0.1) is 29.5 Å². The Balaban J connectivity index is 1.70. The van der Waals surface area contributed by atoms with E-state index in [-0.39, 0.29) is 6.04 Å². The largest absolute Gasteiger partial charge is 0.334 e. The molecule has 1 atom stereocenters. The average molecular weight is 270 g/mol. The van der Waals surface area contributed by atoms with Gasteiger partial charge < -0.3 is 9.84 Å². The summed E-state index contributed by atoms with van der Waals surface area (Å²) in [5, 5.41) is 11.8. The quantitative estimate of drug-likeness (QED) is 0.761. The first-order valence-corrected chi connectivity index (χ1v) is 6.76. The van der Waals surface area contributed by atoms with Crippen LogP contribution in [0.15, 0.2) is 29.3 Å². The van der Waals surface area contributed by atoms with Crippen molar-refractivity contribution < 1.29 is 4.52 Å². The van der Waals surface area contributed by atoms with E-state index in [0.29, 0.717) is 5.89 Å². The third kappa shape index (κ3) is 1.87. The molecule has 0 radical (unpaired) electrons. The third-order valence-electron chi connectivity index (χ3n) is 3.62. The molecule has 20 heavy (non-hydrogen) atoms. The molecule has 102 valence electrons. The van der Waals surface area contributed by atoms with Crippen LogP contribution in [0.1, 0.15) is 31.1 Å². The van der Waals surface area contributed by atoms with Crippen LogP contribution < -0.4 is 5.32 Å².